The van der Waals surface area contributed by atoms with Crippen LogP contribution in [-0.4, -0.2) is 24.2 Å². The van der Waals surface area contributed by atoms with Crippen LogP contribution in [0.1, 0.15) is 21.0 Å². The SMILES string of the molecule is COc1ccc(Nc2nc(Cl)c(/C=N/NC(=O)c3ccoc3C)s2)cc1. The average Bonchev–Trinajstić information content (AvgIpc) is 3.21. The summed E-state index contributed by atoms with van der Waals surface area (Å²) < 4.78 is 10.2. The molecule has 0 atom stereocenters. The van der Waals surface area contributed by atoms with Crippen molar-refractivity contribution in [1.29, 1.82) is 0 Å². The van der Waals surface area contributed by atoms with Crippen LogP contribution in [-0.2, 0) is 0 Å². The number of carbonyl (C=O) groups is 1. The van der Waals surface area contributed by atoms with Gasteiger partial charge in [-0.2, -0.15) is 5.10 Å². The first-order valence-electron chi connectivity index (χ1n) is 7.51. The van der Waals surface area contributed by atoms with E-state index in [4.69, 9.17) is 20.8 Å². The van der Waals surface area contributed by atoms with Crippen LogP contribution in [0, 0.1) is 6.92 Å². The number of ether oxygens (including phenoxy) is 1. The van der Waals surface area contributed by atoms with Crippen molar-refractivity contribution in [3.63, 3.8) is 0 Å². The van der Waals surface area contributed by atoms with Crippen LogP contribution < -0.4 is 15.5 Å². The van der Waals surface area contributed by atoms with Crippen molar-refractivity contribution in [1.82, 2.24) is 10.4 Å². The van der Waals surface area contributed by atoms with E-state index in [2.05, 4.69) is 20.8 Å². The van der Waals surface area contributed by atoms with Gasteiger partial charge in [0.1, 0.15) is 11.5 Å². The highest BCUT2D eigenvalue weighted by atomic mass is 35.5. The first kappa shape index (κ1) is 18.0. The van der Waals surface area contributed by atoms with Gasteiger partial charge in [-0.05, 0) is 37.3 Å². The Kier molecular flexibility index (Phi) is 5.55. The molecule has 9 heteroatoms. The maximum atomic E-state index is 11.9. The Bertz CT molecular complexity index is 934. The zero-order valence-electron chi connectivity index (χ0n) is 13.9. The number of nitrogens with zero attached hydrogens (tertiary/aromatic N) is 2. The van der Waals surface area contributed by atoms with Crippen LogP contribution in [0.4, 0.5) is 10.8 Å². The lowest BCUT2D eigenvalue weighted by molar-refractivity contribution is 0.0953. The molecular formula is C17H15ClN4O3S. The quantitative estimate of drug-likeness (QED) is 0.486. The van der Waals surface area contributed by atoms with E-state index in [1.165, 1.54) is 23.8 Å². The first-order valence-corrected chi connectivity index (χ1v) is 8.71. The molecule has 0 unspecified atom stereocenters. The van der Waals surface area contributed by atoms with Crippen LogP contribution in [0.3, 0.4) is 0 Å². The Labute approximate surface area is 158 Å². The fraction of sp³-hybridized carbons (Fsp3) is 0.118. The molecule has 0 aliphatic heterocycles. The summed E-state index contributed by atoms with van der Waals surface area (Å²) in [6, 6.07) is 9.00. The fourth-order valence-electron chi connectivity index (χ4n) is 2.07. The number of anilines is 2. The van der Waals surface area contributed by atoms with Crippen LogP contribution in [0.5, 0.6) is 5.75 Å². The molecule has 0 aliphatic carbocycles. The Hall–Kier alpha value is -2.84. The standard InChI is InChI=1S/C17H15ClN4O3S/c1-10-13(7-8-25-10)16(23)22-19-9-14-15(18)21-17(26-14)20-11-3-5-12(24-2)6-4-11/h3-9H,1-2H3,(H,20,21)(H,22,23)/b19-9+. The second kappa shape index (κ2) is 8.03. The summed E-state index contributed by atoms with van der Waals surface area (Å²) in [5.74, 6) is 0.938. The van der Waals surface area contributed by atoms with E-state index in [0.717, 1.165) is 11.4 Å². The summed E-state index contributed by atoms with van der Waals surface area (Å²) in [5, 5.41) is 7.97. The monoisotopic (exact) mass is 390 g/mol. The summed E-state index contributed by atoms with van der Waals surface area (Å²) in [7, 11) is 1.61. The maximum absolute atomic E-state index is 11.9. The predicted molar refractivity (Wildman–Crippen MR) is 102 cm³/mol. The van der Waals surface area contributed by atoms with Gasteiger partial charge in [0.2, 0.25) is 0 Å². The summed E-state index contributed by atoms with van der Waals surface area (Å²) >= 11 is 7.43. The van der Waals surface area contributed by atoms with Gasteiger partial charge in [0, 0.05) is 5.69 Å². The highest BCUT2D eigenvalue weighted by Gasteiger charge is 2.11. The molecule has 0 fully saturated rings. The molecule has 3 aromatic rings. The third kappa shape index (κ3) is 4.22. The highest BCUT2D eigenvalue weighted by Crippen LogP contribution is 2.28. The number of amides is 1. The minimum atomic E-state index is -0.357. The summed E-state index contributed by atoms with van der Waals surface area (Å²) in [6.45, 7) is 1.70. The van der Waals surface area contributed by atoms with Gasteiger partial charge in [0.05, 0.1) is 30.0 Å². The average molecular weight is 391 g/mol. The lowest BCUT2D eigenvalue weighted by Gasteiger charge is -2.03. The number of hydrazone groups is 1. The molecule has 0 spiro atoms. The first-order chi connectivity index (χ1) is 12.6. The summed E-state index contributed by atoms with van der Waals surface area (Å²) in [5.41, 5.74) is 3.71. The highest BCUT2D eigenvalue weighted by molar-refractivity contribution is 7.17. The van der Waals surface area contributed by atoms with Gasteiger partial charge in [0.15, 0.2) is 10.3 Å². The van der Waals surface area contributed by atoms with Crippen molar-refractivity contribution >= 4 is 45.9 Å². The number of thiazole rings is 1. The van der Waals surface area contributed by atoms with Crippen molar-refractivity contribution in [2.75, 3.05) is 12.4 Å². The number of benzene rings is 1. The number of furan rings is 1. The molecule has 0 saturated heterocycles. The van der Waals surface area contributed by atoms with E-state index >= 15 is 0 Å². The van der Waals surface area contributed by atoms with E-state index in [1.54, 1.807) is 20.1 Å². The molecular weight excluding hydrogens is 376 g/mol. The van der Waals surface area contributed by atoms with Crippen molar-refractivity contribution in [3.05, 3.63) is 57.9 Å². The van der Waals surface area contributed by atoms with Gasteiger partial charge in [0.25, 0.3) is 5.91 Å². The Morgan fingerprint density at radius 1 is 1.35 bits per heavy atom. The van der Waals surface area contributed by atoms with Gasteiger partial charge in [-0.3, -0.25) is 4.79 Å². The van der Waals surface area contributed by atoms with Crippen molar-refractivity contribution in [2.45, 2.75) is 6.92 Å². The number of halogens is 1. The molecule has 2 aromatic heterocycles. The Morgan fingerprint density at radius 3 is 2.77 bits per heavy atom. The van der Waals surface area contributed by atoms with Gasteiger partial charge in [-0.25, -0.2) is 10.4 Å². The molecule has 7 nitrogen and oxygen atoms in total. The molecule has 0 saturated carbocycles. The lowest BCUT2D eigenvalue weighted by atomic mass is 10.2. The third-order valence-electron chi connectivity index (χ3n) is 3.40. The third-order valence-corrected chi connectivity index (χ3v) is 4.71. The number of rotatable bonds is 6. The molecule has 26 heavy (non-hydrogen) atoms. The zero-order valence-corrected chi connectivity index (χ0v) is 15.5. The van der Waals surface area contributed by atoms with E-state index in [-0.39, 0.29) is 5.91 Å². The Morgan fingerprint density at radius 2 is 2.12 bits per heavy atom. The van der Waals surface area contributed by atoms with E-state index in [1.807, 2.05) is 24.3 Å². The molecule has 2 heterocycles. The van der Waals surface area contributed by atoms with Gasteiger partial charge in [-0.1, -0.05) is 22.9 Å². The van der Waals surface area contributed by atoms with Crippen LogP contribution in [0.25, 0.3) is 0 Å². The van der Waals surface area contributed by atoms with Gasteiger partial charge >= 0.3 is 0 Å². The van der Waals surface area contributed by atoms with Crippen molar-refractivity contribution in [3.8, 4) is 5.75 Å². The number of carbonyl (C=O) groups excluding carboxylic acids is 1. The van der Waals surface area contributed by atoms with Gasteiger partial charge < -0.3 is 14.5 Å². The molecule has 3 rings (SSSR count). The van der Waals surface area contributed by atoms with Crippen LogP contribution >= 0.6 is 22.9 Å². The molecule has 0 radical (unpaired) electrons. The predicted octanol–water partition coefficient (Wildman–Crippen LogP) is 4.21. The molecule has 134 valence electrons. The molecule has 0 aliphatic rings. The number of methoxy groups -OCH3 is 1. The van der Waals surface area contributed by atoms with E-state index in [9.17, 15) is 4.79 Å². The minimum absolute atomic E-state index is 0.295. The zero-order chi connectivity index (χ0) is 18.5. The Balaban J connectivity index is 1.64. The van der Waals surface area contributed by atoms with Gasteiger partial charge in [-0.15, -0.1) is 0 Å². The smallest absolute Gasteiger partial charge is 0.274 e. The summed E-state index contributed by atoms with van der Waals surface area (Å²) in [6.07, 6.45) is 2.90. The molecule has 0 bridgehead atoms. The fourth-order valence-corrected chi connectivity index (χ4v) is 3.12. The number of aryl methyl sites for hydroxylation is 1. The second-order valence-electron chi connectivity index (χ2n) is 5.12. The normalized spacial score (nSPS) is 10.9. The number of aromatic nitrogens is 1. The van der Waals surface area contributed by atoms with E-state index in [0.29, 0.717) is 26.5 Å². The number of hydrogen-bond donors (Lipinski definition) is 2. The lowest BCUT2D eigenvalue weighted by Crippen LogP contribution is -2.17. The topological polar surface area (TPSA) is 88.8 Å². The van der Waals surface area contributed by atoms with Crippen molar-refractivity contribution in [2.24, 2.45) is 5.10 Å². The van der Waals surface area contributed by atoms with Crippen molar-refractivity contribution < 1.29 is 13.9 Å². The van der Waals surface area contributed by atoms with Crippen LogP contribution in [0.2, 0.25) is 5.15 Å². The second-order valence-corrected chi connectivity index (χ2v) is 6.51. The van der Waals surface area contributed by atoms with Crippen LogP contribution in [0.15, 0.2) is 46.1 Å². The van der Waals surface area contributed by atoms with E-state index < -0.39 is 0 Å². The minimum Gasteiger partial charge on any atom is -0.497 e. The largest absolute Gasteiger partial charge is 0.497 e. The molecule has 1 aromatic carbocycles. The maximum Gasteiger partial charge on any atom is 0.274 e. The molecule has 2 N–H and O–H groups in total. The molecule has 1 amide bonds. The summed E-state index contributed by atoms with van der Waals surface area (Å²) in [4.78, 5) is 16.8. The number of hydrogen-bond acceptors (Lipinski definition) is 7. The number of nitrogens with one attached hydrogen (secondary N) is 2.